The zero-order valence-electron chi connectivity index (χ0n) is 13.9. The van der Waals surface area contributed by atoms with E-state index < -0.39 is 0 Å². The Labute approximate surface area is 144 Å². The van der Waals surface area contributed by atoms with Crippen molar-refractivity contribution >= 4 is 17.3 Å². The lowest BCUT2D eigenvalue weighted by atomic mass is 10.1. The van der Waals surface area contributed by atoms with E-state index in [1.54, 1.807) is 0 Å². The highest BCUT2D eigenvalue weighted by Gasteiger charge is 2.15. The maximum Gasteiger partial charge on any atom is 0.166 e. The van der Waals surface area contributed by atoms with E-state index in [4.69, 9.17) is 12.2 Å². The molecule has 2 aromatic rings. The largest absolute Gasteiger partial charge is 0.362 e. The fourth-order valence-electron chi connectivity index (χ4n) is 2.52. The van der Waals surface area contributed by atoms with Crippen LogP contribution in [0.1, 0.15) is 17.2 Å². The Morgan fingerprint density at radius 1 is 1.00 bits per heavy atom. The summed E-state index contributed by atoms with van der Waals surface area (Å²) in [5.41, 5.74) is 2.58. The van der Waals surface area contributed by atoms with Crippen LogP contribution in [-0.4, -0.2) is 32.3 Å². The molecule has 23 heavy (non-hydrogen) atoms. The molecule has 2 aromatic carbocycles. The number of benzene rings is 2. The summed E-state index contributed by atoms with van der Waals surface area (Å²) < 4.78 is 0. The van der Waals surface area contributed by atoms with Gasteiger partial charge in [0, 0.05) is 6.54 Å². The molecule has 0 aromatic heterocycles. The van der Waals surface area contributed by atoms with Gasteiger partial charge < -0.3 is 15.5 Å². The molecule has 3 N–H and O–H groups in total. The lowest BCUT2D eigenvalue weighted by Gasteiger charge is -2.22. The van der Waals surface area contributed by atoms with E-state index in [-0.39, 0.29) is 6.04 Å². The maximum absolute atomic E-state index is 5.47. The molecule has 3 nitrogen and oxygen atoms in total. The molecular weight excluding hydrogens is 302 g/mol. The Morgan fingerprint density at radius 3 is 2.22 bits per heavy atom. The molecule has 0 amide bonds. The number of likely N-dealkylation sites (N-methyl/N-ethyl adjacent to an activating group) is 1. The van der Waals surface area contributed by atoms with Crippen LogP contribution >= 0.6 is 12.2 Å². The Hall–Kier alpha value is -1.91. The van der Waals surface area contributed by atoms with E-state index in [9.17, 15) is 0 Å². The van der Waals surface area contributed by atoms with Gasteiger partial charge in [-0.2, -0.15) is 0 Å². The lowest BCUT2D eigenvalue weighted by Crippen LogP contribution is -3.06. The van der Waals surface area contributed by atoms with Gasteiger partial charge in [-0.3, -0.25) is 0 Å². The van der Waals surface area contributed by atoms with E-state index in [1.807, 2.05) is 12.1 Å². The Bertz CT molecular complexity index is 584. The third kappa shape index (κ3) is 6.38. The minimum atomic E-state index is 0.220. The molecule has 0 spiro atoms. The summed E-state index contributed by atoms with van der Waals surface area (Å²) in [6.07, 6.45) is 0.970. The second kappa shape index (κ2) is 9.28. The second-order valence-electron chi connectivity index (χ2n) is 6.01. The van der Waals surface area contributed by atoms with Crippen molar-refractivity contribution < 1.29 is 4.90 Å². The van der Waals surface area contributed by atoms with Crippen molar-refractivity contribution in [1.82, 2.24) is 10.6 Å². The van der Waals surface area contributed by atoms with E-state index in [1.165, 1.54) is 16.0 Å². The lowest BCUT2D eigenvalue weighted by molar-refractivity contribution is -0.860. The van der Waals surface area contributed by atoms with E-state index in [2.05, 4.69) is 73.3 Å². The molecule has 1 atom stereocenters. The topological polar surface area (TPSA) is 28.5 Å². The van der Waals surface area contributed by atoms with Gasteiger partial charge in [0.2, 0.25) is 0 Å². The van der Waals surface area contributed by atoms with Gasteiger partial charge in [0.1, 0.15) is 12.6 Å². The number of hydrogen-bond donors (Lipinski definition) is 3. The van der Waals surface area contributed by atoms with Gasteiger partial charge in [-0.15, -0.1) is 0 Å². The molecule has 0 aliphatic rings. The first-order valence-electron chi connectivity index (χ1n) is 8.07. The standard InChI is InChI=1S/C19H25N3S/c1-22(2)15-18(17-11-7-4-8-12-17)21-19(23)20-14-13-16-9-5-3-6-10-16/h3-12,18H,13-15H2,1-2H3,(H2,20,21,23)/p+1/t18-/m0/s1. The van der Waals surface area contributed by atoms with Crippen LogP contribution in [0.4, 0.5) is 0 Å². The number of quaternary nitrogens is 1. The second-order valence-corrected chi connectivity index (χ2v) is 6.42. The minimum absolute atomic E-state index is 0.220. The van der Waals surface area contributed by atoms with Crippen LogP contribution in [0.3, 0.4) is 0 Å². The van der Waals surface area contributed by atoms with Crippen molar-refractivity contribution in [2.75, 3.05) is 27.2 Å². The van der Waals surface area contributed by atoms with Crippen LogP contribution in [0.15, 0.2) is 60.7 Å². The summed E-state index contributed by atoms with van der Waals surface area (Å²) in [6, 6.07) is 21.1. The number of nitrogens with one attached hydrogen (secondary N) is 3. The van der Waals surface area contributed by atoms with Crippen LogP contribution in [0.25, 0.3) is 0 Å². The molecule has 0 aliphatic carbocycles. The summed E-state index contributed by atoms with van der Waals surface area (Å²) in [5.74, 6) is 0. The molecule has 0 radical (unpaired) electrons. The Kier molecular flexibility index (Phi) is 7.04. The van der Waals surface area contributed by atoms with Crippen molar-refractivity contribution in [3.05, 3.63) is 71.8 Å². The van der Waals surface area contributed by atoms with E-state index in [0.717, 1.165) is 24.6 Å². The molecule has 2 rings (SSSR count). The number of thiocarbonyl (C=S) groups is 1. The van der Waals surface area contributed by atoms with Crippen molar-refractivity contribution in [3.8, 4) is 0 Å². The summed E-state index contributed by atoms with van der Waals surface area (Å²) in [4.78, 5) is 1.39. The van der Waals surface area contributed by atoms with Crippen molar-refractivity contribution in [1.29, 1.82) is 0 Å². The summed E-state index contributed by atoms with van der Waals surface area (Å²) in [7, 11) is 4.31. The number of rotatable bonds is 7. The average molecular weight is 329 g/mol. The molecule has 0 unspecified atom stereocenters. The molecular formula is C19H26N3S+. The SMILES string of the molecule is C[NH+](C)C[C@H](NC(=S)NCCc1ccccc1)c1ccccc1. The zero-order valence-corrected chi connectivity index (χ0v) is 14.7. The van der Waals surface area contributed by atoms with Gasteiger partial charge in [0.15, 0.2) is 5.11 Å². The van der Waals surface area contributed by atoms with E-state index >= 15 is 0 Å². The monoisotopic (exact) mass is 328 g/mol. The Morgan fingerprint density at radius 2 is 1.61 bits per heavy atom. The van der Waals surface area contributed by atoms with Gasteiger partial charge in [0.25, 0.3) is 0 Å². The highest BCUT2D eigenvalue weighted by atomic mass is 32.1. The van der Waals surface area contributed by atoms with Gasteiger partial charge in [-0.1, -0.05) is 60.7 Å². The highest BCUT2D eigenvalue weighted by molar-refractivity contribution is 7.80. The van der Waals surface area contributed by atoms with Gasteiger partial charge >= 0.3 is 0 Å². The number of hydrogen-bond acceptors (Lipinski definition) is 1. The fraction of sp³-hybridized carbons (Fsp3) is 0.316. The molecule has 0 heterocycles. The molecule has 122 valence electrons. The first-order chi connectivity index (χ1) is 11.1. The molecule has 0 saturated heterocycles. The predicted molar refractivity (Wildman–Crippen MR) is 101 cm³/mol. The van der Waals surface area contributed by atoms with Crippen molar-refractivity contribution in [3.63, 3.8) is 0 Å². The van der Waals surface area contributed by atoms with Crippen LogP contribution < -0.4 is 15.5 Å². The first kappa shape index (κ1) is 17.4. The fourth-order valence-corrected chi connectivity index (χ4v) is 2.76. The van der Waals surface area contributed by atoms with Gasteiger partial charge in [-0.05, 0) is 29.8 Å². The van der Waals surface area contributed by atoms with Crippen LogP contribution in [0.5, 0.6) is 0 Å². The normalized spacial score (nSPS) is 12.0. The molecule has 0 saturated carbocycles. The molecule has 0 fully saturated rings. The summed E-state index contributed by atoms with van der Waals surface area (Å²) >= 11 is 5.47. The minimum Gasteiger partial charge on any atom is -0.362 e. The zero-order chi connectivity index (χ0) is 16.5. The maximum atomic E-state index is 5.47. The third-order valence-corrected chi connectivity index (χ3v) is 3.92. The van der Waals surface area contributed by atoms with Crippen molar-refractivity contribution in [2.24, 2.45) is 0 Å². The molecule has 0 aliphatic heterocycles. The first-order valence-corrected chi connectivity index (χ1v) is 8.48. The average Bonchev–Trinajstić information content (AvgIpc) is 2.56. The van der Waals surface area contributed by atoms with Crippen LogP contribution in [0.2, 0.25) is 0 Å². The van der Waals surface area contributed by atoms with E-state index in [0.29, 0.717) is 0 Å². The smallest absolute Gasteiger partial charge is 0.166 e. The predicted octanol–water partition coefficient (Wildman–Crippen LogP) is 1.58. The highest BCUT2D eigenvalue weighted by Crippen LogP contribution is 2.10. The van der Waals surface area contributed by atoms with Gasteiger partial charge in [-0.25, -0.2) is 0 Å². The third-order valence-electron chi connectivity index (χ3n) is 3.66. The van der Waals surface area contributed by atoms with Crippen LogP contribution in [0, 0.1) is 0 Å². The molecule has 4 heteroatoms. The summed E-state index contributed by atoms with van der Waals surface area (Å²) in [5, 5.41) is 7.48. The Balaban J connectivity index is 1.85. The quantitative estimate of drug-likeness (QED) is 0.674. The van der Waals surface area contributed by atoms with Gasteiger partial charge in [0.05, 0.1) is 14.1 Å². The van der Waals surface area contributed by atoms with Crippen LogP contribution in [-0.2, 0) is 6.42 Å². The van der Waals surface area contributed by atoms with Crippen molar-refractivity contribution in [2.45, 2.75) is 12.5 Å². The molecule has 0 bridgehead atoms. The summed E-state index contributed by atoms with van der Waals surface area (Å²) in [6.45, 7) is 1.82.